The van der Waals surface area contributed by atoms with Gasteiger partial charge in [0.05, 0.1) is 0 Å². The Morgan fingerprint density at radius 2 is 2.07 bits per heavy atom. The fourth-order valence-electron chi connectivity index (χ4n) is 4.45. The molecule has 1 aromatic carbocycles. The van der Waals surface area contributed by atoms with Crippen LogP contribution < -0.4 is 5.73 Å². The molecule has 7 heteroatoms. The number of likely N-dealkylation sites (tertiary alicyclic amines) is 2. The van der Waals surface area contributed by atoms with Gasteiger partial charge >= 0.3 is 0 Å². The number of fused-ring (bicyclic) bond motifs is 2. The summed E-state index contributed by atoms with van der Waals surface area (Å²) < 4.78 is 0. The first kappa shape index (κ1) is 19.7. The van der Waals surface area contributed by atoms with E-state index in [-0.39, 0.29) is 30.3 Å². The lowest BCUT2D eigenvalue weighted by atomic mass is 9.83. The SMILES string of the molecule is Cl.NCCCN1C(=O)CC[C@H]2CN(C(=O)c3cc4ccccc4[nH]3)CC[C@H]21. The van der Waals surface area contributed by atoms with Crippen LogP contribution in [0, 0.1) is 5.92 Å². The number of nitrogens with two attached hydrogens (primary N) is 1. The number of aromatic amines is 1. The highest BCUT2D eigenvalue weighted by Gasteiger charge is 2.40. The van der Waals surface area contributed by atoms with Gasteiger partial charge in [0.25, 0.3) is 5.91 Å². The van der Waals surface area contributed by atoms with Crippen LogP contribution in [0.2, 0.25) is 0 Å². The monoisotopic (exact) mass is 390 g/mol. The van der Waals surface area contributed by atoms with Crippen LogP contribution in [-0.4, -0.2) is 58.8 Å². The third-order valence-corrected chi connectivity index (χ3v) is 5.79. The molecule has 146 valence electrons. The molecular weight excluding hydrogens is 364 g/mol. The molecule has 0 unspecified atom stereocenters. The summed E-state index contributed by atoms with van der Waals surface area (Å²) in [7, 11) is 0. The average Bonchev–Trinajstić information content (AvgIpc) is 3.10. The minimum Gasteiger partial charge on any atom is -0.351 e. The molecule has 2 aliphatic rings. The molecule has 2 atom stereocenters. The molecule has 2 saturated heterocycles. The summed E-state index contributed by atoms with van der Waals surface area (Å²) >= 11 is 0. The molecule has 3 N–H and O–H groups in total. The third-order valence-electron chi connectivity index (χ3n) is 5.79. The number of halogens is 1. The average molecular weight is 391 g/mol. The molecule has 2 aromatic rings. The highest BCUT2D eigenvalue weighted by atomic mass is 35.5. The maximum Gasteiger partial charge on any atom is 0.270 e. The largest absolute Gasteiger partial charge is 0.351 e. The zero-order valence-electron chi connectivity index (χ0n) is 15.4. The van der Waals surface area contributed by atoms with Gasteiger partial charge < -0.3 is 20.5 Å². The maximum absolute atomic E-state index is 13.0. The van der Waals surface area contributed by atoms with Crippen molar-refractivity contribution in [2.24, 2.45) is 11.7 Å². The van der Waals surface area contributed by atoms with Crippen molar-refractivity contribution in [3.8, 4) is 0 Å². The van der Waals surface area contributed by atoms with Crippen LogP contribution in [0.5, 0.6) is 0 Å². The van der Waals surface area contributed by atoms with Crippen LogP contribution in [-0.2, 0) is 4.79 Å². The van der Waals surface area contributed by atoms with E-state index in [0.717, 1.165) is 43.3 Å². The van der Waals surface area contributed by atoms with E-state index in [0.29, 0.717) is 31.1 Å². The van der Waals surface area contributed by atoms with E-state index in [4.69, 9.17) is 5.73 Å². The minimum absolute atomic E-state index is 0. The summed E-state index contributed by atoms with van der Waals surface area (Å²) in [5.41, 5.74) is 7.26. The molecule has 0 saturated carbocycles. The van der Waals surface area contributed by atoms with Crippen LogP contribution in [0.25, 0.3) is 10.9 Å². The van der Waals surface area contributed by atoms with E-state index in [9.17, 15) is 9.59 Å². The summed E-state index contributed by atoms with van der Waals surface area (Å²) in [4.78, 5) is 32.5. The Labute approximate surface area is 165 Å². The highest BCUT2D eigenvalue weighted by Crippen LogP contribution is 2.32. The molecular formula is C20H27ClN4O2. The van der Waals surface area contributed by atoms with Crippen LogP contribution in [0.15, 0.2) is 30.3 Å². The Morgan fingerprint density at radius 1 is 1.26 bits per heavy atom. The van der Waals surface area contributed by atoms with Crippen LogP contribution in [0.3, 0.4) is 0 Å². The number of rotatable bonds is 4. The quantitative estimate of drug-likeness (QED) is 0.840. The van der Waals surface area contributed by atoms with E-state index in [1.54, 1.807) is 0 Å². The Kier molecular flexibility index (Phi) is 6.07. The smallest absolute Gasteiger partial charge is 0.270 e. The van der Waals surface area contributed by atoms with Gasteiger partial charge in [-0.3, -0.25) is 9.59 Å². The fourth-order valence-corrected chi connectivity index (χ4v) is 4.45. The van der Waals surface area contributed by atoms with Gasteiger partial charge in [0.1, 0.15) is 5.69 Å². The lowest BCUT2D eigenvalue weighted by molar-refractivity contribution is -0.140. The zero-order chi connectivity index (χ0) is 18.1. The van der Waals surface area contributed by atoms with E-state index in [1.807, 2.05) is 40.1 Å². The summed E-state index contributed by atoms with van der Waals surface area (Å²) in [5, 5.41) is 1.06. The van der Waals surface area contributed by atoms with Crippen molar-refractivity contribution in [3.05, 3.63) is 36.0 Å². The van der Waals surface area contributed by atoms with Gasteiger partial charge in [-0.1, -0.05) is 18.2 Å². The zero-order valence-corrected chi connectivity index (χ0v) is 16.2. The highest BCUT2D eigenvalue weighted by molar-refractivity contribution is 5.98. The van der Waals surface area contributed by atoms with Crippen LogP contribution in [0.1, 0.15) is 36.2 Å². The van der Waals surface area contributed by atoms with E-state index < -0.39 is 0 Å². The number of nitrogens with zero attached hydrogens (tertiary/aromatic N) is 2. The number of benzene rings is 1. The molecule has 2 fully saturated rings. The van der Waals surface area contributed by atoms with Gasteiger partial charge in [0.2, 0.25) is 5.91 Å². The van der Waals surface area contributed by atoms with Crippen molar-refractivity contribution in [1.82, 2.24) is 14.8 Å². The molecule has 0 bridgehead atoms. The normalized spacial score (nSPS) is 22.5. The Balaban J connectivity index is 0.00000210. The van der Waals surface area contributed by atoms with Crippen molar-refractivity contribution in [2.45, 2.75) is 31.7 Å². The maximum atomic E-state index is 13.0. The lowest BCUT2D eigenvalue weighted by Crippen LogP contribution is -2.57. The Bertz CT molecular complexity index is 788. The first-order chi connectivity index (χ1) is 12.7. The first-order valence-electron chi connectivity index (χ1n) is 9.54. The number of aromatic nitrogens is 1. The molecule has 2 amide bonds. The van der Waals surface area contributed by atoms with E-state index in [1.165, 1.54) is 0 Å². The van der Waals surface area contributed by atoms with Crippen molar-refractivity contribution in [1.29, 1.82) is 0 Å². The number of hydrogen-bond acceptors (Lipinski definition) is 3. The molecule has 0 aliphatic carbocycles. The number of carbonyl (C=O) groups excluding carboxylic acids is 2. The van der Waals surface area contributed by atoms with Crippen LogP contribution in [0.4, 0.5) is 0 Å². The summed E-state index contributed by atoms with van der Waals surface area (Å²) in [6.45, 7) is 2.77. The molecule has 0 spiro atoms. The molecule has 6 nitrogen and oxygen atoms in total. The van der Waals surface area contributed by atoms with Crippen LogP contribution >= 0.6 is 12.4 Å². The standard InChI is InChI=1S/C20H26N4O2.ClH/c21-9-3-10-24-18-8-11-23(13-15(18)6-7-19(24)25)20(26)17-12-14-4-1-2-5-16(14)22-17;/h1-2,4-5,12,15,18,22H,3,6-11,13,21H2;1H/t15-,18+;/m0./s1. The van der Waals surface area contributed by atoms with E-state index >= 15 is 0 Å². The van der Waals surface area contributed by atoms with Gasteiger partial charge in [-0.05, 0) is 43.9 Å². The predicted octanol–water partition coefficient (Wildman–Crippen LogP) is 2.39. The first-order valence-corrected chi connectivity index (χ1v) is 9.54. The van der Waals surface area contributed by atoms with Gasteiger partial charge in [0.15, 0.2) is 0 Å². The van der Waals surface area contributed by atoms with Gasteiger partial charge in [0, 0.05) is 43.0 Å². The summed E-state index contributed by atoms with van der Waals surface area (Å²) in [6.07, 6.45) is 3.15. The summed E-state index contributed by atoms with van der Waals surface area (Å²) in [6, 6.07) is 10.1. The fraction of sp³-hybridized carbons (Fsp3) is 0.500. The molecule has 3 heterocycles. The Morgan fingerprint density at radius 3 is 2.85 bits per heavy atom. The molecule has 1 aromatic heterocycles. The second-order valence-corrected chi connectivity index (χ2v) is 7.41. The number of amides is 2. The van der Waals surface area contributed by atoms with Gasteiger partial charge in [-0.15, -0.1) is 12.4 Å². The van der Waals surface area contributed by atoms with Crippen molar-refractivity contribution in [2.75, 3.05) is 26.2 Å². The van der Waals surface area contributed by atoms with Crippen molar-refractivity contribution in [3.63, 3.8) is 0 Å². The number of piperidine rings is 2. The number of nitrogens with one attached hydrogen (secondary N) is 1. The topological polar surface area (TPSA) is 82.4 Å². The van der Waals surface area contributed by atoms with E-state index in [2.05, 4.69) is 4.98 Å². The Hall–Kier alpha value is -2.05. The number of carbonyl (C=O) groups is 2. The van der Waals surface area contributed by atoms with Crippen molar-refractivity contribution < 1.29 is 9.59 Å². The number of hydrogen-bond donors (Lipinski definition) is 2. The van der Waals surface area contributed by atoms with Crippen molar-refractivity contribution >= 4 is 35.1 Å². The molecule has 0 radical (unpaired) electrons. The predicted molar refractivity (Wildman–Crippen MR) is 108 cm³/mol. The molecule has 2 aliphatic heterocycles. The second kappa shape index (κ2) is 8.31. The number of H-pyrrole nitrogens is 1. The summed E-state index contributed by atoms with van der Waals surface area (Å²) in [5.74, 6) is 0.674. The number of para-hydroxylation sites is 1. The third kappa shape index (κ3) is 3.82. The second-order valence-electron chi connectivity index (χ2n) is 7.41. The van der Waals surface area contributed by atoms with Gasteiger partial charge in [-0.25, -0.2) is 0 Å². The molecule has 27 heavy (non-hydrogen) atoms. The van der Waals surface area contributed by atoms with Gasteiger partial charge in [-0.2, -0.15) is 0 Å². The lowest BCUT2D eigenvalue weighted by Gasteiger charge is -2.47. The molecule has 4 rings (SSSR count). The minimum atomic E-state index is 0.